The molecule has 0 spiro atoms. The molecule has 3 rings (SSSR count). The number of fused-ring (bicyclic) bond motifs is 1. The van der Waals surface area contributed by atoms with E-state index in [0.717, 1.165) is 23.3 Å². The molecule has 2 N–H and O–H groups in total. The Labute approximate surface area is 112 Å². The van der Waals surface area contributed by atoms with E-state index in [9.17, 15) is 4.39 Å². The summed E-state index contributed by atoms with van der Waals surface area (Å²) in [6.07, 6.45) is 4.82. The molecule has 2 aromatic rings. The van der Waals surface area contributed by atoms with Gasteiger partial charge in [0.1, 0.15) is 11.6 Å². The fourth-order valence-corrected chi connectivity index (χ4v) is 3.34. The van der Waals surface area contributed by atoms with E-state index in [0.29, 0.717) is 18.4 Å². The highest BCUT2D eigenvalue weighted by Gasteiger charge is 2.29. The Kier molecular flexibility index (Phi) is 3.27. The molecule has 1 aliphatic rings. The van der Waals surface area contributed by atoms with Crippen LogP contribution < -0.4 is 5.73 Å². The predicted molar refractivity (Wildman–Crippen MR) is 74.4 cm³/mol. The summed E-state index contributed by atoms with van der Waals surface area (Å²) in [4.78, 5) is 4.72. The summed E-state index contributed by atoms with van der Waals surface area (Å²) in [5.74, 6) is 1.78. The molecule has 0 amide bonds. The van der Waals surface area contributed by atoms with Gasteiger partial charge in [-0.05, 0) is 43.5 Å². The number of hydrogen-bond acceptors (Lipinski definition) is 2. The van der Waals surface area contributed by atoms with E-state index in [4.69, 9.17) is 10.7 Å². The van der Waals surface area contributed by atoms with Crippen molar-refractivity contribution in [3.05, 3.63) is 29.8 Å². The van der Waals surface area contributed by atoms with E-state index >= 15 is 0 Å². The quantitative estimate of drug-likeness (QED) is 0.903. The number of halogens is 1. The van der Waals surface area contributed by atoms with Crippen molar-refractivity contribution in [2.45, 2.75) is 31.6 Å². The van der Waals surface area contributed by atoms with E-state index in [2.05, 4.69) is 0 Å². The lowest BCUT2D eigenvalue weighted by Gasteiger charge is -2.30. The fourth-order valence-electron chi connectivity index (χ4n) is 3.34. The van der Waals surface area contributed by atoms with Gasteiger partial charge < -0.3 is 10.3 Å². The van der Waals surface area contributed by atoms with Gasteiger partial charge in [0.25, 0.3) is 0 Å². The van der Waals surface area contributed by atoms with Gasteiger partial charge in [0.2, 0.25) is 0 Å². The summed E-state index contributed by atoms with van der Waals surface area (Å²) in [5, 5.41) is 0. The minimum absolute atomic E-state index is 0.207. The first-order chi connectivity index (χ1) is 9.20. The highest BCUT2D eigenvalue weighted by Crippen LogP contribution is 2.37. The van der Waals surface area contributed by atoms with Crippen LogP contribution in [0.1, 0.15) is 37.4 Å². The van der Waals surface area contributed by atoms with Crippen molar-refractivity contribution in [2.75, 3.05) is 6.54 Å². The molecule has 4 heteroatoms. The normalized spacial score (nSPS) is 23.9. The van der Waals surface area contributed by atoms with Crippen LogP contribution in [0.2, 0.25) is 0 Å². The molecule has 2 unspecified atom stereocenters. The van der Waals surface area contributed by atoms with Gasteiger partial charge >= 0.3 is 0 Å². The molecule has 102 valence electrons. The van der Waals surface area contributed by atoms with Crippen molar-refractivity contribution < 1.29 is 4.39 Å². The van der Waals surface area contributed by atoms with E-state index in [-0.39, 0.29) is 5.82 Å². The number of hydrogen-bond donors (Lipinski definition) is 1. The zero-order valence-electron chi connectivity index (χ0n) is 11.3. The largest absolute Gasteiger partial charge is 0.331 e. The van der Waals surface area contributed by atoms with Gasteiger partial charge in [0.05, 0.1) is 11.0 Å². The fraction of sp³-hybridized carbons (Fsp3) is 0.533. The molecule has 1 aromatic carbocycles. The molecule has 0 aliphatic heterocycles. The Hall–Kier alpha value is -1.42. The zero-order chi connectivity index (χ0) is 13.4. The summed E-state index contributed by atoms with van der Waals surface area (Å²) in [6.45, 7) is 0.711. The van der Waals surface area contributed by atoms with Crippen LogP contribution in [0.3, 0.4) is 0 Å². The molecule has 0 bridgehead atoms. The molecule has 1 fully saturated rings. The van der Waals surface area contributed by atoms with Crippen molar-refractivity contribution in [2.24, 2.45) is 18.7 Å². The highest BCUT2D eigenvalue weighted by molar-refractivity contribution is 5.76. The average molecular weight is 261 g/mol. The number of nitrogens with zero attached hydrogens (tertiary/aromatic N) is 2. The molecule has 3 nitrogen and oxygen atoms in total. The summed E-state index contributed by atoms with van der Waals surface area (Å²) >= 11 is 0. The number of aromatic nitrogens is 2. The number of rotatable bonds is 2. The van der Waals surface area contributed by atoms with Gasteiger partial charge in [-0.15, -0.1) is 0 Å². The smallest absolute Gasteiger partial charge is 0.125 e. The second-order valence-corrected chi connectivity index (χ2v) is 5.55. The van der Waals surface area contributed by atoms with Crippen LogP contribution in [-0.4, -0.2) is 16.1 Å². The maximum atomic E-state index is 13.3. The number of nitrogens with two attached hydrogens (primary N) is 1. The van der Waals surface area contributed by atoms with Gasteiger partial charge in [0, 0.05) is 13.0 Å². The maximum absolute atomic E-state index is 13.3. The SMILES string of the molecule is Cn1c(C2CCCCC2CN)nc2ccc(F)cc21. The second-order valence-electron chi connectivity index (χ2n) is 5.55. The molecule has 1 aromatic heterocycles. The summed E-state index contributed by atoms with van der Waals surface area (Å²) in [7, 11) is 1.98. The third-order valence-electron chi connectivity index (χ3n) is 4.42. The molecule has 0 saturated heterocycles. The van der Waals surface area contributed by atoms with Gasteiger partial charge in [0.15, 0.2) is 0 Å². The molecule has 19 heavy (non-hydrogen) atoms. The first-order valence-electron chi connectivity index (χ1n) is 7.02. The number of aryl methyl sites for hydroxylation is 1. The maximum Gasteiger partial charge on any atom is 0.125 e. The lowest BCUT2D eigenvalue weighted by molar-refractivity contribution is 0.301. The van der Waals surface area contributed by atoms with Crippen molar-refractivity contribution in [3.8, 4) is 0 Å². The summed E-state index contributed by atoms with van der Waals surface area (Å²) in [5.41, 5.74) is 7.65. The van der Waals surface area contributed by atoms with Crippen LogP contribution in [0.4, 0.5) is 4.39 Å². The van der Waals surface area contributed by atoms with Gasteiger partial charge in [-0.25, -0.2) is 9.37 Å². The predicted octanol–water partition coefficient (Wildman–Crippen LogP) is 2.94. The van der Waals surface area contributed by atoms with Crippen molar-refractivity contribution in [1.82, 2.24) is 9.55 Å². The third-order valence-corrected chi connectivity index (χ3v) is 4.42. The number of imidazole rings is 1. The molecule has 1 heterocycles. The van der Waals surface area contributed by atoms with E-state index < -0.39 is 0 Å². The standard InChI is InChI=1S/C15H20FN3/c1-19-14-8-11(16)6-7-13(14)18-15(19)12-5-3-2-4-10(12)9-17/h6-8,10,12H,2-5,9,17H2,1H3. The van der Waals surface area contributed by atoms with Crippen LogP contribution >= 0.6 is 0 Å². The lowest BCUT2D eigenvalue weighted by Crippen LogP contribution is -2.27. The topological polar surface area (TPSA) is 43.8 Å². The van der Waals surface area contributed by atoms with Crippen molar-refractivity contribution in [1.29, 1.82) is 0 Å². The van der Waals surface area contributed by atoms with Crippen LogP contribution in [0.25, 0.3) is 11.0 Å². The third kappa shape index (κ3) is 2.14. The summed E-state index contributed by atoms with van der Waals surface area (Å²) in [6, 6.07) is 4.79. The van der Waals surface area contributed by atoms with E-state index in [1.54, 1.807) is 12.1 Å². The van der Waals surface area contributed by atoms with Gasteiger partial charge in [-0.1, -0.05) is 12.8 Å². The van der Waals surface area contributed by atoms with Crippen LogP contribution in [0.15, 0.2) is 18.2 Å². The van der Waals surface area contributed by atoms with Crippen molar-refractivity contribution in [3.63, 3.8) is 0 Å². The average Bonchev–Trinajstić information content (AvgIpc) is 2.76. The van der Waals surface area contributed by atoms with Crippen LogP contribution in [0, 0.1) is 11.7 Å². The van der Waals surface area contributed by atoms with E-state index in [1.165, 1.54) is 25.3 Å². The summed E-state index contributed by atoms with van der Waals surface area (Å²) < 4.78 is 15.4. The Morgan fingerprint density at radius 3 is 2.95 bits per heavy atom. The first-order valence-corrected chi connectivity index (χ1v) is 7.02. The molecule has 0 radical (unpaired) electrons. The minimum atomic E-state index is -0.207. The Morgan fingerprint density at radius 1 is 1.37 bits per heavy atom. The number of benzene rings is 1. The van der Waals surface area contributed by atoms with Crippen molar-refractivity contribution >= 4 is 11.0 Å². The Balaban J connectivity index is 2.06. The Bertz CT molecular complexity index is 590. The van der Waals surface area contributed by atoms with Crippen LogP contribution in [-0.2, 0) is 7.05 Å². The molecular formula is C15H20FN3. The van der Waals surface area contributed by atoms with Crippen LogP contribution in [0.5, 0.6) is 0 Å². The lowest BCUT2D eigenvalue weighted by atomic mass is 9.79. The van der Waals surface area contributed by atoms with E-state index in [1.807, 2.05) is 11.6 Å². The minimum Gasteiger partial charge on any atom is -0.331 e. The molecular weight excluding hydrogens is 241 g/mol. The van der Waals surface area contributed by atoms with Gasteiger partial charge in [-0.3, -0.25) is 0 Å². The monoisotopic (exact) mass is 261 g/mol. The highest BCUT2D eigenvalue weighted by atomic mass is 19.1. The molecule has 1 saturated carbocycles. The second kappa shape index (κ2) is 4.93. The molecule has 2 atom stereocenters. The Morgan fingerprint density at radius 2 is 2.16 bits per heavy atom. The molecule has 1 aliphatic carbocycles. The van der Waals surface area contributed by atoms with Gasteiger partial charge in [-0.2, -0.15) is 0 Å². The first kappa shape index (κ1) is 12.6. The zero-order valence-corrected chi connectivity index (χ0v) is 11.3.